The highest BCUT2D eigenvalue weighted by Crippen LogP contribution is 2.19. The summed E-state index contributed by atoms with van der Waals surface area (Å²) >= 11 is 3.07. The van der Waals surface area contributed by atoms with Crippen molar-refractivity contribution in [3.63, 3.8) is 0 Å². The van der Waals surface area contributed by atoms with E-state index < -0.39 is 11.9 Å². The molecule has 0 heterocycles. The number of carbonyl (C=O) groups is 2. The lowest BCUT2D eigenvalue weighted by Gasteiger charge is -2.13. The molecule has 86 valence electrons. The van der Waals surface area contributed by atoms with Crippen LogP contribution in [0.3, 0.4) is 0 Å². The minimum absolute atomic E-state index is 0.144. The van der Waals surface area contributed by atoms with Gasteiger partial charge in [-0.2, -0.15) is 0 Å². The molecule has 0 aliphatic rings. The van der Waals surface area contributed by atoms with Crippen molar-refractivity contribution < 1.29 is 14.3 Å². The number of ether oxygens (including phenoxy) is 1. The number of Topliss-reactive ketones (excluding diaryl/α,β-unsaturated/α-hetero) is 1. The van der Waals surface area contributed by atoms with Gasteiger partial charge in [-0.1, -0.05) is 46.3 Å². The Morgan fingerprint density at radius 2 is 1.94 bits per heavy atom. The van der Waals surface area contributed by atoms with Gasteiger partial charge >= 0.3 is 5.97 Å². The zero-order chi connectivity index (χ0) is 12.0. The molecule has 1 unspecified atom stereocenters. The Labute approximate surface area is 103 Å². The molecule has 1 aromatic carbocycles. The minimum Gasteiger partial charge on any atom is -0.465 e. The van der Waals surface area contributed by atoms with Crippen molar-refractivity contribution in [2.24, 2.45) is 0 Å². The number of hydrogen-bond donors (Lipinski definition) is 0. The summed E-state index contributed by atoms with van der Waals surface area (Å²) in [5, 5.41) is 0.144. The van der Waals surface area contributed by atoms with Crippen molar-refractivity contribution in [3.05, 3.63) is 35.9 Å². The van der Waals surface area contributed by atoms with E-state index in [0.29, 0.717) is 5.56 Å². The van der Waals surface area contributed by atoms with Gasteiger partial charge in [-0.15, -0.1) is 0 Å². The Kier molecular flexibility index (Phi) is 5.19. The summed E-state index contributed by atoms with van der Waals surface area (Å²) in [5.41, 5.74) is 0.672. The largest absolute Gasteiger partial charge is 0.465 e. The summed E-state index contributed by atoms with van der Waals surface area (Å²) in [5.74, 6) is -1.50. The predicted octanol–water partition coefficient (Wildman–Crippen LogP) is 2.30. The quantitative estimate of drug-likeness (QED) is 0.473. The van der Waals surface area contributed by atoms with Crippen LogP contribution < -0.4 is 0 Å². The zero-order valence-corrected chi connectivity index (χ0v) is 10.6. The second-order valence-corrected chi connectivity index (χ2v) is 3.76. The van der Waals surface area contributed by atoms with Crippen LogP contribution in [-0.4, -0.2) is 23.7 Å². The highest BCUT2D eigenvalue weighted by molar-refractivity contribution is 9.09. The van der Waals surface area contributed by atoms with E-state index in [2.05, 4.69) is 15.9 Å². The van der Waals surface area contributed by atoms with Gasteiger partial charge in [0.15, 0.2) is 5.78 Å². The maximum atomic E-state index is 11.7. The molecular weight excluding hydrogens is 272 g/mol. The summed E-state index contributed by atoms with van der Waals surface area (Å²) in [6.07, 6.45) is 0. The lowest BCUT2D eigenvalue weighted by molar-refractivity contribution is -0.147. The van der Waals surface area contributed by atoms with E-state index in [4.69, 9.17) is 4.74 Å². The van der Waals surface area contributed by atoms with Crippen molar-refractivity contribution in [2.45, 2.75) is 12.8 Å². The van der Waals surface area contributed by atoms with Crippen LogP contribution in [0.15, 0.2) is 30.3 Å². The van der Waals surface area contributed by atoms with Crippen LogP contribution in [0.25, 0.3) is 0 Å². The standard InChI is InChI=1S/C12H13BrO3/c1-2-16-12(15)11(10(14)8-13)9-6-4-3-5-7-9/h3-7,11H,2,8H2,1H3. The van der Waals surface area contributed by atoms with Gasteiger partial charge in [-0.25, -0.2) is 0 Å². The minimum atomic E-state index is -0.819. The monoisotopic (exact) mass is 284 g/mol. The van der Waals surface area contributed by atoms with Crippen molar-refractivity contribution >= 4 is 27.7 Å². The molecule has 3 nitrogen and oxygen atoms in total. The molecule has 16 heavy (non-hydrogen) atoms. The Bertz CT molecular complexity index is 362. The summed E-state index contributed by atoms with van der Waals surface area (Å²) in [6.45, 7) is 2.00. The first-order valence-corrected chi connectivity index (χ1v) is 6.13. The van der Waals surface area contributed by atoms with Crippen LogP contribution in [0.1, 0.15) is 18.4 Å². The topological polar surface area (TPSA) is 43.4 Å². The third-order valence-electron chi connectivity index (χ3n) is 2.11. The Morgan fingerprint density at radius 3 is 2.44 bits per heavy atom. The number of hydrogen-bond acceptors (Lipinski definition) is 3. The molecule has 0 saturated carbocycles. The molecule has 0 fully saturated rings. The first kappa shape index (κ1) is 12.9. The van der Waals surface area contributed by atoms with Gasteiger partial charge in [-0.05, 0) is 12.5 Å². The number of benzene rings is 1. The van der Waals surface area contributed by atoms with Gasteiger partial charge in [-0.3, -0.25) is 9.59 Å². The molecule has 1 atom stereocenters. The molecule has 4 heteroatoms. The Balaban J connectivity index is 2.97. The van der Waals surface area contributed by atoms with Crippen LogP contribution in [0.5, 0.6) is 0 Å². The zero-order valence-electron chi connectivity index (χ0n) is 8.98. The van der Waals surface area contributed by atoms with Crippen molar-refractivity contribution in [1.29, 1.82) is 0 Å². The summed E-state index contributed by atoms with van der Waals surface area (Å²) in [6, 6.07) is 8.93. The van der Waals surface area contributed by atoms with Crippen LogP contribution in [-0.2, 0) is 14.3 Å². The lowest BCUT2D eigenvalue weighted by atomic mass is 9.96. The van der Waals surface area contributed by atoms with E-state index in [1.807, 2.05) is 6.07 Å². The molecule has 1 rings (SSSR count). The normalized spacial score (nSPS) is 11.9. The fourth-order valence-electron chi connectivity index (χ4n) is 1.40. The molecular formula is C12H13BrO3. The molecule has 0 N–H and O–H groups in total. The van der Waals surface area contributed by atoms with E-state index >= 15 is 0 Å². The van der Waals surface area contributed by atoms with E-state index in [1.165, 1.54) is 0 Å². The summed E-state index contributed by atoms with van der Waals surface area (Å²) < 4.78 is 4.90. The molecule has 0 spiro atoms. The summed E-state index contributed by atoms with van der Waals surface area (Å²) in [4.78, 5) is 23.4. The maximum Gasteiger partial charge on any atom is 0.321 e. The fourth-order valence-corrected chi connectivity index (χ4v) is 1.73. The van der Waals surface area contributed by atoms with Gasteiger partial charge in [0.25, 0.3) is 0 Å². The molecule has 0 aromatic heterocycles. The van der Waals surface area contributed by atoms with E-state index in [-0.39, 0.29) is 17.7 Å². The van der Waals surface area contributed by atoms with E-state index in [1.54, 1.807) is 31.2 Å². The van der Waals surface area contributed by atoms with Gasteiger partial charge in [0.2, 0.25) is 0 Å². The van der Waals surface area contributed by atoms with Crippen LogP contribution in [0.4, 0.5) is 0 Å². The highest BCUT2D eigenvalue weighted by atomic mass is 79.9. The SMILES string of the molecule is CCOC(=O)C(C(=O)CBr)c1ccccc1. The maximum absolute atomic E-state index is 11.7. The fraction of sp³-hybridized carbons (Fsp3) is 0.333. The van der Waals surface area contributed by atoms with Gasteiger partial charge < -0.3 is 4.74 Å². The van der Waals surface area contributed by atoms with Crippen LogP contribution >= 0.6 is 15.9 Å². The van der Waals surface area contributed by atoms with Gasteiger partial charge in [0.1, 0.15) is 5.92 Å². The molecule has 1 aromatic rings. The van der Waals surface area contributed by atoms with Crippen molar-refractivity contribution in [1.82, 2.24) is 0 Å². The lowest BCUT2D eigenvalue weighted by Crippen LogP contribution is -2.25. The Hall–Kier alpha value is -1.16. The number of ketones is 1. The molecule has 0 aliphatic heterocycles. The first-order valence-electron chi connectivity index (χ1n) is 5.01. The molecule has 0 saturated heterocycles. The summed E-state index contributed by atoms with van der Waals surface area (Å²) in [7, 11) is 0. The third-order valence-corrected chi connectivity index (χ3v) is 2.66. The molecule has 0 amide bonds. The molecule has 0 radical (unpaired) electrons. The van der Waals surface area contributed by atoms with E-state index in [9.17, 15) is 9.59 Å². The average Bonchev–Trinajstić information content (AvgIpc) is 2.31. The second kappa shape index (κ2) is 6.43. The van der Waals surface area contributed by atoms with Gasteiger partial charge in [0, 0.05) is 0 Å². The van der Waals surface area contributed by atoms with E-state index in [0.717, 1.165) is 0 Å². The number of alkyl halides is 1. The van der Waals surface area contributed by atoms with Crippen LogP contribution in [0, 0.1) is 0 Å². The van der Waals surface area contributed by atoms with Crippen molar-refractivity contribution in [2.75, 3.05) is 11.9 Å². The first-order chi connectivity index (χ1) is 7.70. The number of esters is 1. The molecule has 0 bridgehead atoms. The Morgan fingerprint density at radius 1 is 1.31 bits per heavy atom. The van der Waals surface area contributed by atoms with Crippen molar-refractivity contribution in [3.8, 4) is 0 Å². The van der Waals surface area contributed by atoms with Gasteiger partial charge in [0.05, 0.1) is 11.9 Å². The average molecular weight is 285 g/mol. The highest BCUT2D eigenvalue weighted by Gasteiger charge is 2.28. The number of carbonyl (C=O) groups excluding carboxylic acids is 2. The third kappa shape index (κ3) is 3.17. The number of rotatable bonds is 5. The smallest absolute Gasteiger partial charge is 0.321 e. The molecule has 0 aliphatic carbocycles. The van der Waals surface area contributed by atoms with Crippen LogP contribution in [0.2, 0.25) is 0 Å². The second-order valence-electron chi connectivity index (χ2n) is 3.20. The predicted molar refractivity (Wildman–Crippen MR) is 64.6 cm³/mol. The number of halogens is 1.